The molecule has 0 aliphatic rings. The number of hydrogen-bond donors (Lipinski definition) is 1. The molecule has 0 aliphatic heterocycles. The Kier molecular flexibility index (Phi) is 5.49. The van der Waals surface area contributed by atoms with Crippen LogP contribution >= 0.6 is 0 Å². The molecular formula is C15H25NO. The van der Waals surface area contributed by atoms with Gasteiger partial charge in [-0.1, -0.05) is 38.5 Å². The quantitative estimate of drug-likeness (QED) is 0.814. The van der Waals surface area contributed by atoms with Gasteiger partial charge in [0, 0.05) is 24.3 Å². The molecule has 0 radical (unpaired) electrons. The van der Waals surface area contributed by atoms with Crippen molar-refractivity contribution in [3.8, 4) is 0 Å². The Morgan fingerprint density at radius 2 is 1.82 bits per heavy atom. The minimum atomic E-state index is -0.405. The highest BCUT2D eigenvalue weighted by atomic mass is 16.3. The first-order valence-corrected chi connectivity index (χ1v) is 6.62. The Morgan fingerprint density at radius 3 is 2.35 bits per heavy atom. The van der Waals surface area contributed by atoms with Crippen molar-refractivity contribution in [2.45, 2.75) is 40.2 Å². The van der Waals surface area contributed by atoms with Gasteiger partial charge in [-0.2, -0.15) is 0 Å². The van der Waals surface area contributed by atoms with Crippen LogP contribution in [0.25, 0.3) is 0 Å². The van der Waals surface area contributed by atoms with E-state index in [1.165, 1.54) is 12.1 Å². The summed E-state index contributed by atoms with van der Waals surface area (Å²) < 4.78 is 0. The van der Waals surface area contributed by atoms with Crippen LogP contribution in [-0.4, -0.2) is 18.2 Å². The number of para-hydroxylation sites is 1. The zero-order valence-corrected chi connectivity index (χ0v) is 11.5. The van der Waals surface area contributed by atoms with Crippen molar-refractivity contribution < 1.29 is 5.11 Å². The van der Waals surface area contributed by atoms with Crippen molar-refractivity contribution in [3.05, 3.63) is 29.8 Å². The van der Waals surface area contributed by atoms with E-state index in [0.717, 1.165) is 18.7 Å². The van der Waals surface area contributed by atoms with Crippen LogP contribution < -0.4 is 4.90 Å². The summed E-state index contributed by atoms with van der Waals surface area (Å²) in [5.41, 5.74) is 2.20. The molecule has 0 aliphatic carbocycles. The second kappa shape index (κ2) is 6.65. The molecule has 1 rings (SSSR count). The normalized spacial score (nSPS) is 14.4. The monoisotopic (exact) mass is 235 g/mol. The van der Waals surface area contributed by atoms with E-state index >= 15 is 0 Å². The highest BCUT2D eigenvalue weighted by molar-refractivity contribution is 5.54. The number of rotatable bonds is 6. The SMILES string of the molecule is CCC(C)CN(CC)c1ccccc1[C@H](C)O. The van der Waals surface area contributed by atoms with Gasteiger partial charge in [-0.3, -0.25) is 0 Å². The molecule has 0 spiro atoms. The summed E-state index contributed by atoms with van der Waals surface area (Å²) >= 11 is 0. The third-order valence-electron chi connectivity index (χ3n) is 3.34. The lowest BCUT2D eigenvalue weighted by atomic mass is 10.0. The van der Waals surface area contributed by atoms with Gasteiger partial charge in [0.05, 0.1) is 6.10 Å². The van der Waals surface area contributed by atoms with Crippen LogP contribution in [-0.2, 0) is 0 Å². The molecule has 0 saturated heterocycles. The number of benzene rings is 1. The Bertz CT molecular complexity index is 335. The van der Waals surface area contributed by atoms with Crippen LogP contribution in [0.15, 0.2) is 24.3 Å². The predicted octanol–water partition coefficient (Wildman–Crippen LogP) is 3.61. The lowest BCUT2D eigenvalue weighted by Gasteiger charge is -2.29. The largest absolute Gasteiger partial charge is 0.389 e. The maximum Gasteiger partial charge on any atom is 0.0781 e. The van der Waals surface area contributed by atoms with Crippen molar-refractivity contribution in [1.82, 2.24) is 0 Å². The van der Waals surface area contributed by atoms with Gasteiger partial charge in [-0.25, -0.2) is 0 Å². The lowest BCUT2D eigenvalue weighted by Crippen LogP contribution is -2.29. The minimum Gasteiger partial charge on any atom is -0.389 e. The molecule has 2 atom stereocenters. The Morgan fingerprint density at radius 1 is 1.18 bits per heavy atom. The van der Waals surface area contributed by atoms with Gasteiger partial charge in [0.25, 0.3) is 0 Å². The lowest BCUT2D eigenvalue weighted by molar-refractivity contribution is 0.199. The van der Waals surface area contributed by atoms with E-state index in [-0.39, 0.29) is 0 Å². The zero-order chi connectivity index (χ0) is 12.8. The van der Waals surface area contributed by atoms with Gasteiger partial charge in [0.1, 0.15) is 0 Å². The first kappa shape index (κ1) is 14.0. The minimum absolute atomic E-state index is 0.405. The van der Waals surface area contributed by atoms with E-state index in [4.69, 9.17) is 0 Å². The molecule has 2 nitrogen and oxygen atoms in total. The van der Waals surface area contributed by atoms with Crippen molar-refractivity contribution >= 4 is 5.69 Å². The first-order valence-electron chi connectivity index (χ1n) is 6.62. The van der Waals surface area contributed by atoms with Gasteiger partial charge in [-0.15, -0.1) is 0 Å². The average Bonchev–Trinajstić information content (AvgIpc) is 2.35. The third-order valence-corrected chi connectivity index (χ3v) is 3.34. The summed E-state index contributed by atoms with van der Waals surface area (Å²) in [4.78, 5) is 2.36. The molecule has 0 fully saturated rings. The van der Waals surface area contributed by atoms with Gasteiger partial charge in [0.15, 0.2) is 0 Å². The maximum absolute atomic E-state index is 9.81. The summed E-state index contributed by atoms with van der Waals surface area (Å²) in [5, 5.41) is 9.81. The van der Waals surface area contributed by atoms with Gasteiger partial charge in [0.2, 0.25) is 0 Å². The molecule has 17 heavy (non-hydrogen) atoms. The Hall–Kier alpha value is -1.02. The van der Waals surface area contributed by atoms with Crippen LogP contribution in [0.4, 0.5) is 5.69 Å². The summed E-state index contributed by atoms with van der Waals surface area (Å²) in [6, 6.07) is 8.15. The standard InChI is InChI=1S/C15H25NO/c1-5-12(3)11-16(6-2)15-10-8-7-9-14(15)13(4)17/h7-10,12-13,17H,5-6,11H2,1-4H3/t12?,13-/m0/s1. The second-order valence-corrected chi connectivity index (χ2v) is 4.79. The first-order chi connectivity index (χ1) is 8.10. The average molecular weight is 235 g/mol. The van der Waals surface area contributed by atoms with Gasteiger partial charge < -0.3 is 10.0 Å². The molecule has 0 heterocycles. The van der Waals surface area contributed by atoms with E-state index < -0.39 is 6.10 Å². The number of aliphatic hydroxyl groups excluding tert-OH is 1. The van der Waals surface area contributed by atoms with Crippen molar-refractivity contribution in [1.29, 1.82) is 0 Å². The fraction of sp³-hybridized carbons (Fsp3) is 0.600. The van der Waals surface area contributed by atoms with Crippen LogP contribution in [0.2, 0.25) is 0 Å². The molecule has 96 valence electrons. The number of hydrogen-bond acceptors (Lipinski definition) is 2. The summed E-state index contributed by atoms with van der Waals surface area (Å²) in [7, 11) is 0. The van der Waals surface area contributed by atoms with Crippen LogP contribution in [0.5, 0.6) is 0 Å². The molecule has 0 bridgehead atoms. The smallest absolute Gasteiger partial charge is 0.0781 e. The fourth-order valence-corrected chi connectivity index (χ4v) is 2.03. The molecule has 1 aromatic carbocycles. The van der Waals surface area contributed by atoms with E-state index in [1.54, 1.807) is 0 Å². The van der Waals surface area contributed by atoms with Gasteiger partial charge >= 0.3 is 0 Å². The number of nitrogens with zero attached hydrogens (tertiary/aromatic N) is 1. The molecule has 0 aromatic heterocycles. The molecule has 0 saturated carbocycles. The highest BCUT2D eigenvalue weighted by Crippen LogP contribution is 2.26. The molecule has 2 heteroatoms. The summed E-state index contributed by atoms with van der Waals surface area (Å²) in [6.07, 6.45) is 0.782. The predicted molar refractivity (Wildman–Crippen MR) is 74.4 cm³/mol. The Labute approximate surface area is 105 Å². The maximum atomic E-state index is 9.81. The summed E-state index contributed by atoms with van der Waals surface area (Å²) in [6.45, 7) is 10.5. The van der Waals surface area contributed by atoms with Crippen LogP contribution in [0, 0.1) is 5.92 Å². The van der Waals surface area contributed by atoms with Gasteiger partial charge in [-0.05, 0) is 25.8 Å². The second-order valence-electron chi connectivity index (χ2n) is 4.79. The highest BCUT2D eigenvalue weighted by Gasteiger charge is 2.14. The van der Waals surface area contributed by atoms with Crippen molar-refractivity contribution in [3.63, 3.8) is 0 Å². The van der Waals surface area contributed by atoms with E-state index in [0.29, 0.717) is 5.92 Å². The van der Waals surface area contributed by atoms with Crippen LogP contribution in [0.1, 0.15) is 45.8 Å². The molecular weight excluding hydrogens is 210 g/mol. The van der Waals surface area contributed by atoms with Crippen molar-refractivity contribution in [2.75, 3.05) is 18.0 Å². The molecule has 1 unspecified atom stereocenters. The zero-order valence-electron chi connectivity index (χ0n) is 11.5. The summed E-state index contributed by atoms with van der Waals surface area (Å²) in [5.74, 6) is 0.678. The van der Waals surface area contributed by atoms with E-state index in [9.17, 15) is 5.11 Å². The number of aliphatic hydroxyl groups is 1. The van der Waals surface area contributed by atoms with Crippen LogP contribution in [0.3, 0.4) is 0 Å². The fourth-order valence-electron chi connectivity index (χ4n) is 2.03. The van der Waals surface area contributed by atoms with E-state index in [2.05, 4.69) is 31.7 Å². The molecule has 1 N–H and O–H groups in total. The molecule has 0 amide bonds. The Balaban J connectivity index is 2.94. The van der Waals surface area contributed by atoms with Crippen molar-refractivity contribution in [2.24, 2.45) is 5.92 Å². The third kappa shape index (κ3) is 3.74. The number of anilines is 1. The molecule has 1 aromatic rings. The topological polar surface area (TPSA) is 23.5 Å². The van der Waals surface area contributed by atoms with E-state index in [1.807, 2.05) is 25.1 Å².